The number of carbonyl (C=O) groups excluding carboxylic acids is 1. The molecule has 0 fully saturated rings. The number of benzene rings is 1. The van der Waals surface area contributed by atoms with E-state index in [1.54, 1.807) is 4.57 Å². The lowest BCUT2D eigenvalue weighted by molar-refractivity contribution is -0.143. The van der Waals surface area contributed by atoms with Crippen molar-refractivity contribution < 1.29 is 24.2 Å². The van der Waals surface area contributed by atoms with Crippen LogP contribution in [0.3, 0.4) is 0 Å². The van der Waals surface area contributed by atoms with Crippen molar-refractivity contribution in [3.05, 3.63) is 46.2 Å². The molecule has 1 aliphatic heterocycles. The molecule has 0 atom stereocenters. The van der Waals surface area contributed by atoms with Crippen molar-refractivity contribution in [1.82, 2.24) is 14.3 Å². The highest BCUT2D eigenvalue weighted by Gasteiger charge is 2.24. The van der Waals surface area contributed by atoms with Crippen LogP contribution in [-0.2, 0) is 22.6 Å². The number of carboxylic acid groups (broad SMARTS) is 1. The fourth-order valence-electron chi connectivity index (χ4n) is 4.32. The number of nitrogens with zero attached hydrogens (tertiary/aromatic N) is 3. The van der Waals surface area contributed by atoms with Crippen LogP contribution in [0.2, 0.25) is 0 Å². The van der Waals surface area contributed by atoms with E-state index < -0.39 is 11.4 Å². The molecule has 0 radical (unpaired) electrons. The minimum atomic E-state index is -1.22. The van der Waals surface area contributed by atoms with Crippen LogP contribution in [0.15, 0.2) is 35.3 Å². The molecule has 1 aliphatic rings. The lowest BCUT2D eigenvalue weighted by atomic mass is 10.1. The lowest BCUT2D eigenvalue weighted by Crippen LogP contribution is -2.24. The summed E-state index contributed by atoms with van der Waals surface area (Å²) in [5, 5.41) is 14.9. The molecular formula is C25H29N3O6. The summed E-state index contributed by atoms with van der Waals surface area (Å²) >= 11 is 0. The van der Waals surface area contributed by atoms with E-state index in [1.165, 1.54) is 12.3 Å². The molecule has 0 saturated heterocycles. The molecule has 1 aromatic carbocycles. The fraction of sp³-hybridized carbons (Fsp3) is 0.440. The Labute approximate surface area is 196 Å². The first-order valence-electron chi connectivity index (χ1n) is 11.8. The van der Waals surface area contributed by atoms with E-state index in [0.717, 1.165) is 48.7 Å². The minimum absolute atomic E-state index is 0.128. The number of pyridine rings is 1. The Morgan fingerprint density at radius 1 is 1.12 bits per heavy atom. The second-order valence-corrected chi connectivity index (χ2v) is 8.33. The Morgan fingerprint density at radius 2 is 1.91 bits per heavy atom. The van der Waals surface area contributed by atoms with Gasteiger partial charge in [0, 0.05) is 30.6 Å². The number of fused-ring (bicyclic) bond motifs is 5. The van der Waals surface area contributed by atoms with E-state index in [1.807, 2.05) is 29.8 Å². The monoisotopic (exact) mass is 467 g/mol. The summed E-state index contributed by atoms with van der Waals surface area (Å²) < 4.78 is 14.6. The minimum Gasteiger partial charge on any atom is -0.491 e. The van der Waals surface area contributed by atoms with E-state index in [9.17, 15) is 19.5 Å². The zero-order valence-electron chi connectivity index (χ0n) is 19.3. The van der Waals surface area contributed by atoms with Gasteiger partial charge in [0.1, 0.15) is 16.8 Å². The highest BCUT2D eigenvalue weighted by Crippen LogP contribution is 2.35. The van der Waals surface area contributed by atoms with Crippen LogP contribution in [0, 0.1) is 0 Å². The Hall–Kier alpha value is -3.62. The number of rotatable bonds is 11. The van der Waals surface area contributed by atoms with Gasteiger partial charge in [-0.15, -0.1) is 0 Å². The van der Waals surface area contributed by atoms with E-state index in [0.29, 0.717) is 44.2 Å². The molecule has 0 amide bonds. The van der Waals surface area contributed by atoms with Crippen LogP contribution < -0.4 is 10.2 Å². The van der Waals surface area contributed by atoms with Crippen LogP contribution >= 0.6 is 0 Å². The highest BCUT2D eigenvalue weighted by molar-refractivity contribution is 5.96. The smallest absolute Gasteiger partial charge is 0.341 e. The SMILES string of the molecule is CCOC(=O)CCCCCCCOc1cccc2c3n(nc12)CCn1cc(C(=O)O)c(=O)cc1-3. The molecule has 180 valence electrons. The maximum Gasteiger partial charge on any atom is 0.341 e. The topological polar surface area (TPSA) is 113 Å². The summed E-state index contributed by atoms with van der Waals surface area (Å²) in [6.45, 7) is 3.91. The second-order valence-electron chi connectivity index (χ2n) is 8.33. The third-order valence-electron chi connectivity index (χ3n) is 5.97. The van der Waals surface area contributed by atoms with E-state index in [2.05, 4.69) is 0 Å². The summed E-state index contributed by atoms with van der Waals surface area (Å²) in [5.41, 5.74) is 1.43. The first-order valence-corrected chi connectivity index (χ1v) is 11.8. The molecule has 3 heterocycles. The molecule has 0 aliphatic carbocycles. The molecule has 0 bridgehead atoms. The van der Waals surface area contributed by atoms with Gasteiger partial charge < -0.3 is 19.1 Å². The number of carboxylic acids is 1. The average Bonchev–Trinajstić information content (AvgIpc) is 3.20. The van der Waals surface area contributed by atoms with Gasteiger partial charge in [-0.1, -0.05) is 31.4 Å². The number of aromatic carboxylic acids is 1. The van der Waals surface area contributed by atoms with Crippen LogP contribution in [0.25, 0.3) is 22.3 Å². The molecule has 3 aromatic rings. The number of hydrogen-bond donors (Lipinski definition) is 1. The van der Waals surface area contributed by atoms with Crippen molar-refractivity contribution in [2.75, 3.05) is 13.2 Å². The van der Waals surface area contributed by atoms with Gasteiger partial charge in [0.25, 0.3) is 0 Å². The second kappa shape index (κ2) is 10.5. The first kappa shape index (κ1) is 23.5. The third-order valence-corrected chi connectivity index (χ3v) is 5.97. The third kappa shape index (κ3) is 4.98. The van der Waals surface area contributed by atoms with Crippen molar-refractivity contribution in [2.24, 2.45) is 0 Å². The molecule has 0 spiro atoms. The molecule has 9 heteroatoms. The Bertz CT molecular complexity index is 1260. The summed E-state index contributed by atoms with van der Waals surface area (Å²) in [6.07, 6.45) is 6.68. The van der Waals surface area contributed by atoms with Crippen LogP contribution in [-0.4, -0.2) is 44.6 Å². The number of carbonyl (C=O) groups is 2. The maximum atomic E-state index is 12.3. The van der Waals surface area contributed by atoms with E-state index in [-0.39, 0.29) is 11.5 Å². The number of unbranched alkanes of at least 4 members (excludes halogenated alkanes) is 4. The largest absolute Gasteiger partial charge is 0.491 e. The van der Waals surface area contributed by atoms with E-state index in [4.69, 9.17) is 14.6 Å². The van der Waals surface area contributed by atoms with Crippen molar-refractivity contribution in [2.45, 2.75) is 58.5 Å². The molecule has 1 N–H and O–H groups in total. The van der Waals surface area contributed by atoms with Gasteiger partial charge in [-0.2, -0.15) is 5.10 Å². The van der Waals surface area contributed by atoms with Gasteiger partial charge in [0.05, 0.1) is 31.1 Å². The Kier molecular flexibility index (Phi) is 7.30. The van der Waals surface area contributed by atoms with Gasteiger partial charge in [-0.3, -0.25) is 14.3 Å². The van der Waals surface area contributed by atoms with Gasteiger partial charge in [-0.25, -0.2) is 4.79 Å². The zero-order valence-corrected chi connectivity index (χ0v) is 19.3. The van der Waals surface area contributed by atoms with E-state index >= 15 is 0 Å². The molecule has 9 nitrogen and oxygen atoms in total. The number of ether oxygens (including phenoxy) is 2. The van der Waals surface area contributed by atoms with Crippen molar-refractivity contribution >= 4 is 22.8 Å². The van der Waals surface area contributed by atoms with Crippen molar-refractivity contribution in [1.29, 1.82) is 0 Å². The first-order chi connectivity index (χ1) is 16.5. The summed E-state index contributed by atoms with van der Waals surface area (Å²) in [4.78, 5) is 35.0. The Morgan fingerprint density at radius 3 is 2.71 bits per heavy atom. The number of aromatic nitrogens is 3. The molecular weight excluding hydrogens is 438 g/mol. The quantitative estimate of drug-likeness (QED) is 0.337. The van der Waals surface area contributed by atoms with Crippen LogP contribution in [0.1, 0.15) is 55.8 Å². The maximum absolute atomic E-state index is 12.3. The van der Waals surface area contributed by atoms with Crippen LogP contribution in [0.4, 0.5) is 0 Å². The summed E-state index contributed by atoms with van der Waals surface area (Å²) in [5.74, 6) is -0.659. The lowest BCUT2D eigenvalue weighted by Gasteiger charge is -2.21. The average molecular weight is 468 g/mol. The molecule has 2 aromatic heterocycles. The molecule has 4 rings (SSSR count). The molecule has 0 saturated carbocycles. The van der Waals surface area contributed by atoms with Gasteiger partial charge >= 0.3 is 11.9 Å². The molecule has 0 unspecified atom stereocenters. The fourth-order valence-corrected chi connectivity index (χ4v) is 4.32. The standard InChI is InChI=1S/C25H29N3O6/c1-2-33-22(30)11-6-4-3-5-7-14-34-21-10-8-9-17-23(21)26-28-13-12-27-16-18(25(31)32)20(29)15-19(27)24(17)28/h8-10,15-16H,2-7,11-14H2,1H3,(H,31,32). The number of hydrogen-bond acceptors (Lipinski definition) is 6. The van der Waals surface area contributed by atoms with Crippen LogP contribution in [0.5, 0.6) is 5.75 Å². The predicted octanol–water partition coefficient (Wildman–Crippen LogP) is 3.86. The zero-order chi connectivity index (χ0) is 24.1. The molecule has 34 heavy (non-hydrogen) atoms. The van der Waals surface area contributed by atoms with Crippen molar-refractivity contribution in [3.8, 4) is 17.1 Å². The number of esters is 1. The number of aryl methyl sites for hydroxylation is 2. The summed E-state index contributed by atoms with van der Waals surface area (Å²) in [7, 11) is 0. The summed E-state index contributed by atoms with van der Waals surface area (Å²) in [6, 6.07) is 7.11. The predicted molar refractivity (Wildman–Crippen MR) is 126 cm³/mol. The van der Waals surface area contributed by atoms with Gasteiger partial charge in [0.15, 0.2) is 5.43 Å². The highest BCUT2D eigenvalue weighted by atomic mass is 16.5. The van der Waals surface area contributed by atoms with Crippen molar-refractivity contribution in [3.63, 3.8) is 0 Å². The van der Waals surface area contributed by atoms with Gasteiger partial charge in [-0.05, 0) is 25.8 Å². The Balaban J connectivity index is 1.40. The normalized spacial score (nSPS) is 12.3. The van der Waals surface area contributed by atoms with Gasteiger partial charge in [0.2, 0.25) is 0 Å².